The largest absolute Gasteiger partial charge is 0.415 e. The maximum Gasteiger partial charge on any atom is 0.388 e. The van der Waals surface area contributed by atoms with Gasteiger partial charge in [-0.25, -0.2) is 9.97 Å². The minimum Gasteiger partial charge on any atom is -0.415 e. The van der Waals surface area contributed by atoms with Crippen molar-refractivity contribution in [1.29, 1.82) is 0 Å². The number of nitrogens with zero attached hydrogens (tertiary/aromatic N) is 2. The molecule has 0 fully saturated rings. The number of ether oxygens (including phenoxy) is 1. The van der Waals surface area contributed by atoms with Gasteiger partial charge >= 0.3 is 6.61 Å². The average Bonchev–Trinajstić information content (AvgIpc) is 1.88. The highest BCUT2D eigenvalue weighted by Gasteiger charge is 2.03. The Kier molecular flexibility index (Phi) is 2.09. The first kappa shape index (κ1) is 6.85. The maximum atomic E-state index is 11.4. The number of hydrogen-bond donors (Lipinski definition) is 0. The molecule has 0 saturated carbocycles. The summed E-state index contributed by atoms with van der Waals surface area (Å²) in [4.78, 5) is 6.79. The zero-order chi connectivity index (χ0) is 7.40. The Labute approximate surface area is 55.7 Å². The lowest BCUT2D eigenvalue weighted by Gasteiger charge is -1.98. The first-order valence-electron chi connectivity index (χ1n) is 2.42. The highest BCUT2D eigenvalue weighted by Crippen LogP contribution is 2.04. The summed E-state index contributed by atoms with van der Waals surface area (Å²) in [6.07, 6.45) is 4.70. The van der Waals surface area contributed by atoms with Crippen molar-refractivity contribution in [3.8, 4) is 5.88 Å². The number of rotatable bonds is 2. The number of hydrogen-bond acceptors (Lipinski definition) is 3. The molecule has 0 saturated heterocycles. The first-order chi connectivity index (χ1) is 4.79. The van der Waals surface area contributed by atoms with Crippen molar-refractivity contribution in [2.45, 2.75) is 6.61 Å². The van der Waals surface area contributed by atoms with Gasteiger partial charge in [0.2, 0.25) is 5.88 Å². The lowest BCUT2D eigenvalue weighted by Crippen LogP contribution is -2.03. The summed E-state index contributed by atoms with van der Waals surface area (Å²) in [6.45, 7) is -2.87. The molecule has 0 N–H and O–H groups in total. The standard InChI is InChI=1S/C5H3F2N2O/c6-5(7)10-4-3-8-1-2-9-4/h1-2,5H. The van der Waals surface area contributed by atoms with E-state index in [1.54, 1.807) is 0 Å². The van der Waals surface area contributed by atoms with Gasteiger partial charge in [0.05, 0.1) is 0 Å². The third-order valence-electron chi connectivity index (χ3n) is 0.694. The monoisotopic (exact) mass is 145 g/mol. The van der Waals surface area contributed by atoms with Crippen molar-refractivity contribution < 1.29 is 13.5 Å². The zero-order valence-electron chi connectivity index (χ0n) is 4.79. The van der Waals surface area contributed by atoms with Crippen molar-refractivity contribution in [2.75, 3.05) is 0 Å². The molecule has 3 nitrogen and oxygen atoms in total. The Balaban J connectivity index is 2.59. The number of alkyl halides is 2. The van der Waals surface area contributed by atoms with Crippen molar-refractivity contribution in [1.82, 2.24) is 9.97 Å². The molecule has 0 aliphatic carbocycles. The molecule has 0 atom stereocenters. The summed E-state index contributed by atoms with van der Waals surface area (Å²) in [5, 5.41) is 0. The van der Waals surface area contributed by atoms with E-state index in [4.69, 9.17) is 0 Å². The molecule has 1 rings (SSSR count). The third-order valence-corrected chi connectivity index (χ3v) is 0.694. The molecule has 0 aromatic carbocycles. The van der Waals surface area contributed by atoms with Gasteiger partial charge < -0.3 is 4.74 Å². The van der Waals surface area contributed by atoms with Crippen LogP contribution < -0.4 is 4.74 Å². The lowest BCUT2D eigenvalue weighted by molar-refractivity contribution is -0.0533. The Hall–Kier alpha value is -1.26. The van der Waals surface area contributed by atoms with Gasteiger partial charge in [0.1, 0.15) is 0 Å². The Morgan fingerprint density at radius 1 is 1.50 bits per heavy atom. The molecule has 0 aliphatic heterocycles. The summed E-state index contributed by atoms with van der Waals surface area (Å²) < 4.78 is 26.7. The average molecular weight is 145 g/mol. The number of aromatic nitrogens is 2. The second kappa shape index (κ2) is 3.05. The van der Waals surface area contributed by atoms with Crippen LogP contribution in [0.3, 0.4) is 0 Å². The minimum atomic E-state index is -2.87. The molecule has 0 spiro atoms. The van der Waals surface area contributed by atoms with Gasteiger partial charge in [-0.05, 0) is 0 Å². The SMILES string of the molecule is FC(F)Oc1[c]nccn1. The summed E-state index contributed by atoms with van der Waals surface area (Å²) in [6, 6.07) is 0. The Morgan fingerprint density at radius 3 is 2.80 bits per heavy atom. The molecule has 0 unspecified atom stereocenters. The number of halogens is 2. The Morgan fingerprint density at radius 2 is 2.30 bits per heavy atom. The van der Waals surface area contributed by atoms with Gasteiger partial charge in [-0.15, -0.1) is 0 Å². The van der Waals surface area contributed by atoms with Crippen LogP contribution in [-0.4, -0.2) is 16.6 Å². The molecular weight excluding hydrogens is 142 g/mol. The van der Waals surface area contributed by atoms with E-state index in [-0.39, 0.29) is 5.88 Å². The minimum absolute atomic E-state index is 0.294. The summed E-state index contributed by atoms with van der Waals surface area (Å²) >= 11 is 0. The molecule has 5 heteroatoms. The summed E-state index contributed by atoms with van der Waals surface area (Å²) in [7, 11) is 0. The lowest BCUT2D eigenvalue weighted by atomic mass is 10.7. The molecule has 1 heterocycles. The zero-order valence-corrected chi connectivity index (χ0v) is 4.79. The van der Waals surface area contributed by atoms with Gasteiger partial charge in [-0.2, -0.15) is 8.78 Å². The molecule has 10 heavy (non-hydrogen) atoms. The van der Waals surface area contributed by atoms with E-state index >= 15 is 0 Å². The van der Waals surface area contributed by atoms with Crippen molar-refractivity contribution in [2.24, 2.45) is 0 Å². The second-order valence-corrected chi connectivity index (χ2v) is 1.35. The molecule has 0 aliphatic rings. The van der Waals surface area contributed by atoms with Gasteiger partial charge in [0, 0.05) is 12.4 Å². The highest BCUT2D eigenvalue weighted by molar-refractivity contribution is 4.98. The first-order valence-corrected chi connectivity index (χ1v) is 2.42. The van der Waals surface area contributed by atoms with Crippen molar-refractivity contribution in [3.63, 3.8) is 0 Å². The van der Waals surface area contributed by atoms with Crippen LogP contribution in [0.2, 0.25) is 0 Å². The van der Waals surface area contributed by atoms with Crippen molar-refractivity contribution in [3.05, 3.63) is 18.6 Å². The third kappa shape index (κ3) is 1.93. The highest BCUT2D eigenvalue weighted by atomic mass is 19.3. The Bertz CT molecular complexity index is 192. The second-order valence-electron chi connectivity index (χ2n) is 1.35. The molecule has 1 aromatic rings. The fourth-order valence-electron chi connectivity index (χ4n) is 0.397. The predicted molar refractivity (Wildman–Crippen MR) is 27.5 cm³/mol. The van der Waals surface area contributed by atoms with Crippen LogP contribution in [0.25, 0.3) is 0 Å². The van der Waals surface area contributed by atoms with Gasteiger partial charge in [-0.1, -0.05) is 0 Å². The fraction of sp³-hybridized carbons (Fsp3) is 0.200. The van der Waals surface area contributed by atoms with Gasteiger partial charge in [-0.3, -0.25) is 0 Å². The summed E-state index contributed by atoms with van der Waals surface area (Å²) in [5.74, 6) is -0.294. The smallest absolute Gasteiger partial charge is 0.388 e. The van der Waals surface area contributed by atoms with E-state index in [2.05, 4.69) is 20.9 Å². The van der Waals surface area contributed by atoms with E-state index < -0.39 is 6.61 Å². The van der Waals surface area contributed by atoms with E-state index in [0.717, 1.165) is 0 Å². The van der Waals surface area contributed by atoms with Crippen LogP contribution in [0.1, 0.15) is 0 Å². The van der Waals surface area contributed by atoms with E-state index in [0.29, 0.717) is 0 Å². The molecule has 53 valence electrons. The maximum absolute atomic E-state index is 11.4. The van der Waals surface area contributed by atoms with Crippen molar-refractivity contribution >= 4 is 0 Å². The molecule has 0 amide bonds. The normalized spacial score (nSPS) is 9.90. The van der Waals surface area contributed by atoms with E-state index in [1.165, 1.54) is 12.4 Å². The van der Waals surface area contributed by atoms with E-state index in [9.17, 15) is 8.78 Å². The fourth-order valence-corrected chi connectivity index (χ4v) is 0.397. The molecule has 0 bridgehead atoms. The molecule has 1 aromatic heterocycles. The van der Waals surface area contributed by atoms with Gasteiger partial charge in [0.15, 0.2) is 6.20 Å². The van der Waals surface area contributed by atoms with E-state index in [1.807, 2.05) is 0 Å². The van der Waals surface area contributed by atoms with Crippen LogP contribution in [0, 0.1) is 6.20 Å². The van der Waals surface area contributed by atoms with Crippen LogP contribution in [0.4, 0.5) is 8.78 Å². The van der Waals surface area contributed by atoms with Crippen LogP contribution >= 0.6 is 0 Å². The van der Waals surface area contributed by atoms with Crippen LogP contribution in [-0.2, 0) is 0 Å². The molecular formula is C5H3F2N2O. The predicted octanol–water partition coefficient (Wildman–Crippen LogP) is 0.878. The topological polar surface area (TPSA) is 35.0 Å². The van der Waals surface area contributed by atoms with Gasteiger partial charge in [0.25, 0.3) is 0 Å². The molecule has 1 radical (unpaired) electrons. The van der Waals surface area contributed by atoms with Crippen LogP contribution in [0.5, 0.6) is 5.88 Å². The van der Waals surface area contributed by atoms with Crippen LogP contribution in [0.15, 0.2) is 12.4 Å². The quantitative estimate of drug-likeness (QED) is 0.619. The summed E-state index contributed by atoms with van der Waals surface area (Å²) in [5.41, 5.74) is 0.